The smallest absolute Gasteiger partial charge is 0.171 e. The Balaban J connectivity index is 1.46. The Hall–Kier alpha value is -0.500. The van der Waals surface area contributed by atoms with Gasteiger partial charge in [0.1, 0.15) is 6.10 Å². The van der Waals surface area contributed by atoms with Gasteiger partial charge >= 0.3 is 0 Å². The summed E-state index contributed by atoms with van der Waals surface area (Å²) in [4.78, 5) is 2.49. The first kappa shape index (κ1) is 22.9. The highest BCUT2D eigenvalue weighted by Crippen LogP contribution is 2.64. The van der Waals surface area contributed by atoms with E-state index in [4.69, 9.17) is 14.2 Å². The molecule has 0 aromatic heterocycles. The number of allylic oxidation sites excluding steroid dienone is 1. The van der Waals surface area contributed by atoms with Gasteiger partial charge in [-0.15, -0.1) is 0 Å². The fourth-order valence-corrected chi connectivity index (χ4v) is 8.67. The molecule has 0 aromatic rings. The second-order valence-electron chi connectivity index (χ2n) is 12.9. The summed E-state index contributed by atoms with van der Waals surface area (Å²) >= 11 is 0. The standard InChI is InChI=1S/C27H44N2O4/c1-16-7-11-26(30)13-18-25(5,10-8-19-27(18,28-6)15-31-19)23-22(21(16)24(26,3)4)32-20(33-23)14-29-12-9-17(29)2/h17-20,22-23,28,30H,7-15H2,1-6H3/t17-,18?,19+,20+,22+,23+,25+,26+,27+/m0/s1. The monoisotopic (exact) mass is 460 g/mol. The summed E-state index contributed by atoms with van der Waals surface area (Å²) < 4.78 is 19.9. The van der Waals surface area contributed by atoms with Gasteiger partial charge in [-0.1, -0.05) is 26.3 Å². The second-order valence-corrected chi connectivity index (χ2v) is 12.9. The van der Waals surface area contributed by atoms with Crippen molar-refractivity contribution in [1.29, 1.82) is 0 Å². The van der Waals surface area contributed by atoms with Crippen molar-refractivity contribution in [2.24, 2.45) is 16.7 Å². The molecule has 3 saturated heterocycles. The number of hydrogen-bond donors (Lipinski definition) is 2. The van der Waals surface area contributed by atoms with Gasteiger partial charge in [0.05, 0.1) is 30.0 Å². The highest BCUT2D eigenvalue weighted by atomic mass is 16.7. The van der Waals surface area contributed by atoms with Crippen LogP contribution in [-0.4, -0.2) is 78.5 Å². The van der Waals surface area contributed by atoms with Crippen LogP contribution >= 0.6 is 0 Å². The van der Waals surface area contributed by atoms with E-state index in [1.807, 2.05) is 0 Å². The molecule has 2 bridgehead atoms. The lowest BCUT2D eigenvalue weighted by Gasteiger charge is -2.67. The maximum atomic E-state index is 12.3. The van der Waals surface area contributed by atoms with Crippen LogP contribution in [0.25, 0.3) is 0 Å². The van der Waals surface area contributed by atoms with Crippen LogP contribution in [0.2, 0.25) is 0 Å². The van der Waals surface area contributed by atoms with Crippen molar-refractivity contribution in [2.45, 2.75) is 115 Å². The Labute approximate surface area is 199 Å². The molecule has 9 atom stereocenters. The predicted molar refractivity (Wildman–Crippen MR) is 127 cm³/mol. The minimum atomic E-state index is -0.756. The Bertz CT molecular complexity index is 855. The summed E-state index contributed by atoms with van der Waals surface area (Å²) in [6.07, 6.45) is 5.82. The average Bonchev–Trinajstić information content (AvgIpc) is 3.16. The number of aliphatic hydroxyl groups is 1. The quantitative estimate of drug-likeness (QED) is 0.631. The predicted octanol–water partition coefficient (Wildman–Crippen LogP) is 3.24. The first-order valence-corrected chi connectivity index (χ1v) is 13.3. The zero-order chi connectivity index (χ0) is 23.4. The van der Waals surface area contributed by atoms with Gasteiger partial charge in [-0.3, -0.25) is 4.90 Å². The van der Waals surface area contributed by atoms with E-state index in [-0.39, 0.29) is 46.9 Å². The van der Waals surface area contributed by atoms with Gasteiger partial charge in [0.2, 0.25) is 0 Å². The van der Waals surface area contributed by atoms with Crippen molar-refractivity contribution in [1.82, 2.24) is 10.2 Å². The van der Waals surface area contributed by atoms with Crippen molar-refractivity contribution in [3.05, 3.63) is 11.1 Å². The molecule has 186 valence electrons. The summed E-state index contributed by atoms with van der Waals surface area (Å²) in [5.41, 5.74) is 1.42. The van der Waals surface area contributed by atoms with Crippen LogP contribution in [0.4, 0.5) is 0 Å². The van der Waals surface area contributed by atoms with Crippen LogP contribution in [0, 0.1) is 16.7 Å². The molecule has 0 radical (unpaired) electrons. The summed E-state index contributed by atoms with van der Waals surface area (Å²) in [5.74, 6) is 0.268. The Morgan fingerprint density at radius 1 is 1.15 bits per heavy atom. The summed E-state index contributed by atoms with van der Waals surface area (Å²) in [5, 5.41) is 16.1. The SMILES string of the molecule is CN[C@@]12CO[C@@H]1CC[C@]1(C)C2C[C@]2(O)CCC(C)=C([C@H]3O[C@@H](CN4CC[C@@H]4C)O[C@H]31)C2(C)C. The Morgan fingerprint density at radius 2 is 1.94 bits per heavy atom. The number of hydrogen-bond acceptors (Lipinski definition) is 6. The first-order chi connectivity index (χ1) is 15.6. The molecule has 6 rings (SSSR count). The van der Waals surface area contributed by atoms with Crippen LogP contribution < -0.4 is 5.32 Å². The van der Waals surface area contributed by atoms with Crippen molar-refractivity contribution in [2.75, 3.05) is 26.7 Å². The van der Waals surface area contributed by atoms with Crippen LogP contribution in [0.5, 0.6) is 0 Å². The maximum absolute atomic E-state index is 12.3. The fourth-order valence-electron chi connectivity index (χ4n) is 8.67. The molecule has 6 heteroatoms. The van der Waals surface area contributed by atoms with E-state index in [2.05, 4.69) is 51.9 Å². The number of nitrogens with one attached hydrogen (secondary N) is 1. The lowest BCUT2D eigenvalue weighted by molar-refractivity contribution is -0.256. The normalized spacial score (nSPS) is 53.2. The second kappa shape index (κ2) is 7.27. The molecule has 0 aromatic carbocycles. The molecule has 2 N–H and O–H groups in total. The van der Waals surface area contributed by atoms with Crippen molar-refractivity contribution in [3.63, 3.8) is 0 Å². The van der Waals surface area contributed by atoms with Crippen molar-refractivity contribution in [3.8, 4) is 0 Å². The Morgan fingerprint density at radius 3 is 2.55 bits per heavy atom. The van der Waals surface area contributed by atoms with Gasteiger partial charge in [-0.2, -0.15) is 0 Å². The van der Waals surface area contributed by atoms with E-state index in [1.165, 1.54) is 17.6 Å². The highest BCUT2D eigenvalue weighted by Gasteiger charge is 2.70. The molecule has 2 saturated carbocycles. The number of likely N-dealkylation sites (tertiary alicyclic amines) is 1. The largest absolute Gasteiger partial charge is 0.389 e. The van der Waals surface area contributed by atoms with Crippen molar-refractivity contribution >= 4 is 0 Å². The molecule has 6 nitrogen and oxygen atoms in total. The molecular formula is C27H44N2O4. The molecule has 6 aliphatic rings. The zero-order valence-corrected chi connectivity index (χ0v) is 21.4. The highest BCUT2D eigenvalue weighted by molar-refractivity contribution is 5.36. The minimum Gasteiger partial charge on any atom is -0.389 e. The zero-order valence-electron chi connectivity index (χ0n) is 21.4. The van der Waals surface area contributed by atoms with Crippen molar-refractivity contribution < 1.29 is 19.3 Å². The van der Waals surface area contributed by atoms with Crippen LogP contribution in [-0.2, 0) is 14.2 Å². The van der Waals surface area contributed by atoms with Gasteiger partial charge in [0, 0.05) is 30.0 Å². The molecular weight excluding hydrogens is 416 g/mol. The van der Waals surface area contributed by atoms with E-state index >= 15 is 0 Å². The van der Waals surface area contributed by atoms with E-state index < -0.39 is 5.60 Å². The van der Waals surface area contributed by atoms with Gasteiger partial charge < -0.3 is 24.6 Å². The van der Waals surface area contributed by atoms with Gasteiger partial charge in [0.15, 0.2) is 6.29 Å². The van der Waals surface area contributed by atoms with Crippen LogP contribution in [0.3, 0.4) is 0 Å². The fraction of sp³-hybridized carbons (Fsp3) is 0.926. The van der Waals surface area contributed by atoms with Crippen LogP contribution in [0.1, 0.15) is 73.1 Å². The minimum absolute atomic E-state index is 0.00253. The molecule has 3 heterocycles. The number of ether oxygens (including phenoxy) is 3. The van der Waals surface area contributed by atoms with Gasteiger partial charge in [-0.25, -0.2) is 0 Å². The summed E-state index contributed by atoms with van der Waals surface area (Å²) in [7, 11) is 2.09. The maximum Gasteiger partial charge on any atom is 0.171 e. The lowest BCUT2D eigenvalue weighted by atomic mass is 9.45. The van der Waals surface area contributed by atoms with Crippen LogP contribution in [0.15, 0.2) is 11.1 Å². The van der Waals surface area contributed by atoms with E-state index in [0.717, 1.165) is 51.8 Å². The molecule has 0 spiro atoms. The molecule has 1 unspecified atom stereocenters. The molecule has 3 aliphatic heterocycles. The summed E-state index contributed by atoms with van der Waals surface area (Å²) in [6.45, 7) is 14.2. The van der Waals surface area contributed by atoms with E-state index in [0.29, 0.717) is 6.04 Å². The third kappa shape index (κ3) is 2.88. The summed E-state index contributed by atoms with van der Waals surface area (Å²) in [6, 6.07) is 0.612. The average molecular weight is 461 g/mol. The number of nitrogens with zero attached hydrogens (tertiary/aromatic N) is 1. The number of likely N-dealkylation sites (N-methyl/N-ethyl adjacent to an activating group) is 1. The lowest BCUT2D eigenvalue weighted by Crippen LogP contribution is -2.78. The molecule has 5 fully saturated rings. The number of rotatable bonds is 3. The molecule has 33 heavy (non-hydrogen) atoms. The Kier molecular flexibility index (Phi) is 5.05. The molecule has 3 aliphatic carbocycles. The topological polar surface area (TPSA) is 63.2 Å². The van der Waals surface area contributed by atoms with E-state index in [9.17, 15) is 5.11 Å². The van der Waals surface area contributed by atoms with E-state index in [1.54, 1.807) is 0 Å². The number of fused-ring (bicyclic) bond motifs is 8. The third-order valence-electron chi connectivity index (χ3n) is 11.3. The first-order valence-electron chi connectivity index (χ1n) is 13.3. The van der Waals surface area contributed by atoms with Gasteiger partial charge in [0.25, 0.3) is 0 Å². The van der Waals surface area contributed by atoms with Gasteiger partial charge in [-0.05, 0) is 70.9 Å². The third-order valence-corrected chi connectivity index (χ3v) is 11.3. The molecule has 0 amide bonds.